The predicted octanol–water partition coefficient (Wildman–Crippen LogP) is 2.97. The molecule has 1 atom stereocenters. The van der Waals surface area contributed by atoms with E-state index in [9.17, 15) is 0 Å². The summed E-state index contributed by atoms with van der Waals surface area (Å²) in [4.78, 5) is 4.79. The summed E-state index contributed by atoms with van der Waals surface area (Å²) in [7, 11) is 1.70. The second kappa shape index (κ2) is 11.9. The van der Waals surface area contributed by atoms with Crippen LogP contribution in [0.2, 0.25) is 0 Å². The van der Waals surface area contributed by atoms with Crippen LogP contribution >= 0.6 is 0 Å². The average molecular weight is 392 g/mol. The summed E-state index contributed by atoms with van der Waals surface area (Å²) < 4.78 is 16.5. The second-order valence-corrected chi connectivity index (χ2v) is 7.90. The zero-order valence-electron chi connectivity index (χ0n) is 17.9. The number of benzene rings is 1. The molecule has 1 aromatic rings. The molecule has 1 heterocycles. The highest BCUT2D eigenvalue weighted by Crippen LogP contribution is 2.26. The third-order valence-electron chi connectivity index (χ3n) is 4.96. The van der Waals surface area contributed by atoms with Gasteiger partial charge in [-0.1, -0.05) is 26.0 Å². The maximum absolute atomic E-state index is 5.76. The zero-order valence-corrected chi connectivity index (χ0v) is 17.9. The Morgan fingerprint density at radius 1 is 1.32 bits per heavy atom. The summed E-state index contributed by atoms with van der Waals surface area (Å²) in [6.45, 7) is 12.1. The minimum Gasteiger partial charge on any atom is -0.497 e. The van der Waals surface area contributed by atoms with Crippen LogP contribution in [0.4, 0.5) is 0 Å². The van der Waals surface area contributed by atoms with Gasteiger partial charge >= 0.3 is 0 Å². The van der Waals surface area contributed by atoms with E-state index < -0.39 is 0 Å². The molecular formula is C22H37N3O3. The Balaban J connectivity index is 1.76. The van der Waals surface area contributed by atoms with Gasteiger partial charge in [-0.2, -0.15) is 0 Å². The van der Waals surface area contributed by atoms with Gasteiger partial charge in [-0.05, 0) is 37.5 Å². The fourth-order valence-corrected chi connectivity index (χ4v) is 3.10. The molecule has 6 nitrogen and oxygen atoms in total. The Morgan fingerprint density at radius 3 is 2.89 bits per heavy atom. The van der Waals surface area contributed by atoms with Crippen molar-refractivity contribution in [2.75, 3.05) is 53.2 Å². The molecule has 1 aliphatic heterocycles. The van der Waals surface area contributed by atoms with E-state index in [1.165, 1.54) is 5.56 Å². The first-order valence-electron chi connectivity index (χ1n) is 10.4. The molecule has 0 radical (unpaired) electrons. The maximum Gasteiger partial charge on any atom is 0.191 e. The van der Waals surface area contributed by atoms with E-state index in [4.69, 9.17) is 19.2 Å². The van der Waals surface area contributed by atoms with Gasteiger partial charge in [0.05, 0.1) is 26.9 Å². The van der Waals surface area contributed by atoms with Crippen LogP contribution in [0.5, 0.6) is 5.75 Å². The van der Waals surface area contributed by atoms with Crippen LogP contribution < -0.4 is 15.4 Å². The van der Waals surface area contributed by atoms with Gasteiger partial charge in [0, 0.05) is 37.6 Å². The van der Waals surface area contributed by atoms with Gasteiger partial charge in [0.2, 0.25) is 0 Å². The van der Waals surface area contributed by atoms with Gasteiger partial charge < -0.3 is 24.8 Å². The van der Waals surface area contributed by atoms with Crippen LogP contribution in [0.3, 0.4) is 0 Å². The molecule has 158 valence electrons. The molecule has 0 saturated carbocycles. The largest absolute Gasteiger partial charge is 0.497 e. The average Bonchev–Trinajstić information content (AvgIpc) is 3.22. The van der Waals surface area contributed by atoms with E-state index in [0.29, 0.717) is 12.5 Å². The normalized spacial score (nSPS) is 17.6. The summed E-state index contributed by atoms with van der Waals surface area (Å²) in [6, 6.07) is 8.21. The van der Waals surface area contributed by atoms with Crippen molar-refractivity contribution in [3.8, 4) is 5.75 Å². The number of nitrogens with zero attached hydrogens (tertiary/aromatic N) is 1. The Labute approximate surface area is 170 Å². The smallest absolute Gasteiger partial charge is 0.191 e. The molecule has 1 unspecified atom stereocenters. The quantitative estimate of drug-likeness (QED) is 0.345. The van der Waals surface area contributed by atoms with E-state index >= 15 is 0 Å². The van der Waals surface area contributed by atoms with Crippen molar-refractivity contribution in [1.29, 1.82) is 0 Å². The Hall–Kier alpha value is -1.79. The monoisotopic (exact) mass is 391 g/mol. The Bertz CT molecular complexity index is 598. The first-order chi connectivity index (χ1) is 13.5. The maximum atomic E-state index is 5.76. The molecular weight excluding hydrogens is 354 g/mol. The van der Waals surface area contributed by atoms with E-state index in [1.807, 2.05) is 12.1 Å². The minimum atomic E-state index is -0.0800. The minimum absolute atomic E-state index is 0.0800. The van der Waals surface area contributed by atoms with E-state index in [2.05, 4.69) is 43.5 Å². The Morgan fingerprint density at radius 2 is 2.18 bits per heavy atom. The molecule has 0 bridgehead atoms. The third-order valence-corrected chi connectivity index (χ3v) is 4.96. The fourth-order valence-electron chi connectivity index (χ4n) is 3.10. The molecule has 2 rings (SSSR count). The number of hydrogen-bond acceptors (Lipinski definition) is 4. The fraction of sp³-hybridized carbons (Fsp3) is 0.682. The van der Waals surface area contributed by atoms with Crippen LogP contribution in [0.1, 0.15) is 39.2 Å². The number of rotatable bonds is 11. The van der Waals surface area contributed by atoms with Crippen LogP contribution in [-0.4, -0.2) is 59.1 Å². The van der Waals surface area contributed by atoms with Crippen molar-refractivity contribution < 1.29 is 14.2 Å². The predicted molar refractivity (Wildman–Crippen MR) is 114 cm³/mol. The Kier molecular flexibility index (Phi) is 9.58. The van der Waals surface area contributed by atoms with Crippen molar-refractivity contribution in [1.82, 2.24) is 10.6 Å². The number of guanidine groups is 1. The summed E-state index contributed by atoms with van der Waals surface area (Å²) in [5.74, 6) is 2.30. The molecule has 6 heteroatoms. The third kappa shape index (κ3) is 7.68. The number of hydrogen-bond donors (Lipinski definition) is 2. The van der Waals surface area contributed by atoms with E-state index in [-0.39, 0.29) is 5.41 Å². The molecule has 1 fully saturated rings. The first-order valence-corrected chi connectivity index (χ1v) is 10.4. The number of methoxy groups -OCH3 is 1. The van der Waals surface area contributed by atoms with Gasteiger partial charge in [-0.3, -0.25) is 4.99 Å². The molecule has 2 N–H and O–H groups in total. The lowest BCUT2D eigenvalue weighted by Crippen LogP contribution is -2.39. The molecule has 0 aliphatic carbocycles. The van der Waals surface area contributed by atoms with Crippen molar-refractivity contribution in [2.45, 2.75) is 39.0 Å². The highest BCUT2D eigenvalue weighted by molar-refractivity contribution is 5.79. The van der Waals surface area contributed by atoms with Crippen LogP contribution in [0, 0.1) is 5.92 Å². The number of aliphatic imine (C=N–C) groups is 1. The molecule has 0 spiro atoms. The summed E-state index contributed by atoms with van der Waals surface area (Å²) >= 11 is 0. The van der Waals surface area contributed by atoms with Crippen molar-refractivity contribution in [2.24, 2.45) is 10.9 Å². The van der Waals surface area contributed by atoms with Crippen LogP contribution in [0.15, 0.2) is 29.3 Å². The van der Waals surface area contributed by atoms with E-state index in [0.717, 1.165) is 64.1 Å². The summed E-state index contributed by atoms with van der Waals surface area (Å²) in [5, 5.41) is 6.73. The van der Waals surface area contributed by atoms with E-state index in [1.54, 1.807) is 7.11 Å². The van der Waals surface area contributed by atoms with Crippen molar-refractivity contribution in [3.05, 3.63) is 29.8 Å². The second-order valence-electron chi connectivity index (χ2n) is 7.90. The molecule has 0 amide bonds. The lowest BCUT2D eigenvalue weighted by atomic mass is 9.85. The highest BCUT2D eigenvalue weighted by atomic mass is 16.5. The van der Waals surface area contributed by atoms with Crippen molar-refractivity contribution >= 4 is 5.96 Å². The lowest BCUT2D eigenvalue weighted by Gasteiger charge is -2.24. The van der Waals surface area contributed by atoms with Gasteiger partial charge in [0.1, 0.15) is 5.75 Å². The van der Waals surface area contributed by atoms with Gasteiger partial charge in [-0.15, -0.1) is 0 Å². The summed E-state index contributed by atoms with van der Waals surface area (Å²) in [5.41, 5.74) is 1.14. The topological polar surface area (TPSA) is 64.1 Å². The standard InChI is InChI=1S/C22H37N3O3/c1-5-23-21(24-11-7-12-27-15-18-10-13-28-16-18)25-17-22(2,3)19-8-6-9-20(14-19)26-4/h6,8-9,14,18H,5,7,10-13,15-17H2,1-4H3,(H2,23,24,25). The van der Waals surface area contributed by atoms with Gasteiger partial charge in [0.25, 0.3) is 0 Å². The lowest BCUT2D eigenvalue weighted by molar-refractivity contribution is 0.0888. The number of nitrogens with one attached hydrogen (secondary N) is 2. The first kappa shape index (κ1) is 22.5. The molecule has 1 aliphatic rings. The van der Waals surface area contributed by atoms with Crippen molar-refractivity contribution in [3.63, 3.8) is 0 Å². The molecule has 1 aromatic carbocycles. The van der Waals surface area contributed by atoms with Gasteiger partial charge in [0.15, 0.2) is 5.96 Å². The molecule has 1 saturated heterocycles. The van der Waals surface area contributed by atoms with Crippen LogP contribution in [-0.2, 0) is 14.9 Å². The zero-order chi connectivity index (χ0) is 20.2. The van der Waals surface area contributed by atoms with Gasteiger partial charge in [-0.25, -0.2) is 0 Å². The molecule has 0 aromatic heterocycles. The molecule has 28 heavy (non-hydrogen) atoms. The van der Waals surface area contributed by atoms with Crippen LogP contribution in [0.25, 0.3) is 0 Å². The number of ether oxygens (including phenoxy) is 3. The highest BCUT2D eigenvalue weighted by Gasteiger charge is 2.21. The SMILES string of the molecule is CCNC(=NCC(C)(C)c1cccc(OC)c1)NCCCOCC1CCOC1. The summed E-state index contributed by atoms with van der Waals surface area (Å²) in [6.07, 6.45) is 2.08.